The average molecular weight is 393 g/mol. The number of rotatable bonds is 9. The normalized spacial score (nSPS) is 26.2. The fourth-order valence-corrected chi connectivity index (χ4v) is 4.99. The van der Waals surface area contributed by atoms with Crippen molar-refractivity contribution >= 4 is 11.8 Å². The van der Waals surface area contributed by atoms with Crippen molar-refractivity contribution in [3.8, 4) is 0 Å². The molecule has 6 nitrogen and oxygen atoms in total. The number of nitrogens with zero attached hydrogens (tertiary/aromatic N) is 2. The molecule has 0 radical (unpaired) electrons. The van der Waals surface area contributed by atoms with Gasteiger partial charge in [-0.25, -0.2) is 0 Å². The van der Waals surface area contributed by atoms with Crippen LogP contribution in [0.3, 0.4) is 0 Å². The molecule has 1 heterocycles. The minimum atomic E-state index is -0.328. The summed E-state index contributed by atoms with van der Waals surface area (Å²) in [7, 11) is 0. The standard InChI is InChI=1S/C22H40N4O2/c1-16(2)13-25(14-17-6-4-3-5-7-17)19-12-20(21(27)24-11-10-23)26(15-19)22(28)18-8-9-18/h16-20H,3-15,23H2,1-2H3,(H,24,27). The highest BCUT2D eigenvalue weighted by molar-refractivity contribution is 5.90. The zero-order valence-corrected chi connectivity index (χ0v) is 17.9. The van der Waals surface area contributed by atoms with E-state index in [1.54, 1.807) is 0 Å². The molecule has 0 spiro atoms. The molecule has 2 unspecified atom stereocenters. The Hall–Kier alpha value is -1.14. The minimum Gasteiger partial charge on any atom is -0.353 e. The van der Waals surface area contributed by atoms with E-state index in [-0.39, 0.29) is 23.8 Å². The fraction of sp³-hybridized carbons (Fsp3) is 0.909. The second-order valence-corrected chi connectivity index (χ2v) is 9.60. The lowest BCUT2D eigenvalue weighted by atomic mass is 9.88. The van der Waals surface area contributed by atoms with E-state index >= 15 is 0 Å². The van der Waals surface area contributed by atoms with Gasteiger partial charge in [0.1, 0.15) is 6.04 Å². The largest absolute Gasteiger partial charge is 0.353 e. The Balaban J connectivity index is 1.69. The van der Waals surface area contributed by atoms with Crippen molar-refractivity contribution in [2.24, 2.45) is 23.5 Å². The van der Waals surface area contributed by atoms with Crippen LogP contribution in [0.2, 0.25) is 0 Å². The fourth-order valence-electron chi connectivity index (χ4n) is 4.99. The average Bonchev–Trinajstić information content (AvgIpc) is 3.43. The molecule has 2 aliphatic carbocycles. The van der Waals surface area contributed by atoms with E-state index in [0.717, 1.165) is 38.3 Å². The SMILES string of the molecule is CC(C)CN(CC1CCCCC1)C1CC(C(=O)NCCN)N(C(=O)C2CC2)C1. The first-order chi connectivity index (χ1) is 13.5. The highest BCUT2D eigenvalue weighted by atomic mass is 16.2. The van der Waals surface area contributed by atoms with Crippen LogP contribution < -0.4 is 11.1 Å². The summed E-state index contributed by atoms with van der Waals surface area (Å²) < 4.78 is 0. The Morgan fingerprint density at radius 1 is 1.14 bits per heavy atom. The third kappa shape index (κ3) is 5.69. The van der Waals surface area contributed by atoms with Crippen LogP contribution in [0.1, 0.15) is 65.2 Å². The van der Waals surface area contributed by atoms with E-state index in [9.17, 15) is 9.59 Å². The number of hydrogen-bond donors (Lipinski definition) is 2. The Kier molecular flexibility index (Phi) is 7.75. The zero-order valence-electron chi connectivity index (χ0n) is 17.9. The lowest BCUT2D eigenvalue weighted by Gasteiger charge is -2.35. The molecule has 1 aliphatic heterocycles. The van der Waals surface area contributed by atoms with Crippen molar-refractivity contribution in [2.45, 2.75) is 77.3 Å². The zero-order chi connectivity index (χ0) is 20.1. The van der Waals surface area contributed by atoms with Gasteiger partial charge in [0.05, 0.1) is 0 Å². The summed E-state index contributed by atoms with van der Waals surface area (Å²) in [5.74, 6) is 1.67. The molecule has 3 fully saturated rings. The summed E-state index contributed by atoms with van der Waals surface area (Å²) in [6.45, 7) is 8.30. The van der Waals surface area contributed by atoms with Gasteiger partial charge in [0.25, 0.3) is 0 Å². The van der Waals surface area contributed by atoms with Crippen LogP contribution in [0.25, 0.3) is 0 Å². The first kappa shape index (κ1) is 21.6. The van der Waals surface area contributed by atoms with Crippen LogP contribution in [0.4, 0.5) is 0 Å². The number of nitrogens with two attached hydrogens (primary N) is 1. The van der Waals surface area contributed by atoms with Crippen molar-refractivity contribution in [3.63, 3.8) is 0 Å². The maximum atomic E-state index is 12.9. The highest BCUT2D eigenvalue weighted by Crippen LogP contribution is 2.35. The Labute approximate surface area is 170 Å². The van der Waals surface area contributed by atoms with Crippen molar-refractivity contribution in [1.82, 2.24) is 15.1 Å². The second kappa shape index (κ2) is 10.1. The van der Waals surface area contributed by atoms with Crippen LogP contribution >= 0.6 is 0 Å². The molecular formula is C22H40N4O2. The van der Waals surface area contributed by atoms with Crippen LogP contribution in [-0.2, 0) is 9.59 Å². The summed E-state index contributed by atoms with van der Waals surface area (Å²) in [4.78, 5) is 30.1. The topological polar surface area (TPSA) is 78.7 Å². The van der Waals surface area contributed by atoms with Crippen LogP contribution in [0.15, 0.2) is 0 Å². The van der Waals surface area contributed by atoms with E-state index in [1.165, 1.54) is 32.1 Å². The molecule has 2 atom stereocenters. The highest BCUT2D eigenvalue weighted by Gasteiger charge is 2.45. The Morgan fingerprint density at radius 3 is 2.46 bits per heavy atom. The van der Waals surface area contributed by atoms with Gasteiger partial charge in [0, 0.05) is 44.7 Å². The quantitative estimate of drug-likeness (QED) is 0.629. The summed E-state index contributed by atoms with van der Waals surface area (Å²) >= 11 is 0. The second-order valence-electron chi connectivity index (χ2n) is 9.60. The van der Waals surface area contributed by atoms with Gasteiger partial charge >= 0.3 is 0 Å². The van der Waals surface area contributed by atoms with Gasteiger partial charge in [0.2, 0.25) is 11.8 Å². The summed E-state index contributed by atoms with van der Waals surface area (Å²) in [6, 6.07) is -0.0358. The predicted molar refractivity (Wildman–Crippen MR) is 112 cm³/mol. The maximum absolute atomic E-state index is 12.9. The Morgan fingerprint density at radius 2 is 1.86 bits per heavy atom. The van der Waals surface area contributed by atoms with E-state index < -0.39 is 0 Å². The van der Waals surface area contributed by atoms with Crippen molar-refractivity contribution in [2.75, 3.05) is 32.7 Å². The molecule has 0 aromatic carbocycles. The molecule has 2 amide bonds. The van der Waals surface area contributed by atoms with Crippen molar-refractivity contribution < 1.29 is 9.59 Å². The molecule has 0 bridgehead atoms. The predicted octanol–water partition coefficient (Wildman–Crippen LogP) is 1.98. The number of carbonyl (C=O) groups excluding carboxylic acids is 2. The first-order valence-corrected chi connectivity index (χ1v) is 11.5. The van der Waals surface area contributed by atoms with Gasteiger partial charge in [-0.2, -0.15) is 0 Å². The smallest absolute Gasteiger partial charge is 0.242 e. The molecule has 2 saturated carbocycles. The molecule has 3 rings (SSSR count). The first-order valence-electron chi connectivity index (χ1n) is 11.5. The van der Waals surface area contributed by atoms with Crippen molar-refractivity contribution in [3.05, 3.63) is 0 Å². The van der Waals surface area contributed by atoms with Crippen LogP contribution in [0, 0.1) is 17.8 Å². The molecule has 28 heavy (non-hydrogen) atoms. The molecular weight excluding hydrogens is 352 g/mol. The lowest BCUT2D eigenvalue weighted by molar-refractivity contribution is -0.139. The Bertz CT molecular complexity index is 529. The van der Waals surface area contributed by atoms with E-state index in [4.69, 9.17) is 5.73 Å². The summed E-state index contributed by atoms with van der Waals surface area (Å²) in [5.41, 5.74) is 5.56. The number of amides is 2. The minimum absolute atomic E-state index is 0.0240. The van der Waals surface area contributed by atoms with Gasteiger partial charge in [-0.3, -0.25) is 14.5 Å². The number of carbonyl (C=O) groups is 2. The third-order valence-corrected chi connectivity index (χ3v) is 6.57. The van der Waals surface area contributed by atoms with Gasteiger partial charge in [0.15, 0.2) is 0 Å². The van der Waals surface area contributed by atoms with Gasteiger partial charge < -0.3 is 16.0 Å². The summed E-state index contributed by atoms with van der Waals surface area (Å²) in [6.07, 6.45) is 9.44. The van der Waals surface area contributed by atoms with Gasteiger partial charge in [-0.1, -0.05) is 33.1 Å². The maximum Gasteiger partial charge on any atom is 0.242 e. The lowest BCUT2D eigenvalue weighted by Crippen LogP contribution is -2.47. The molecule has 160 valence electrons. The molecule has 6 heteroatoms. The molecule has 1 saturated heterocycles. The molecule has 0 aromatic heterocycles. The molecule has 3 aliphatic rings. The van der Waals surface area contributed by atoms with Crippen molar-refractivity contribution in [1.29, 1.82) is 0 Å². The van der Waals surface area contributed by atoms with Crippen LogP contribution in [0.5, 0.6) is 0 Å². The monoisotopic (exact) mass is 392 g/mol. The third-order valence-electron chi connectivity index (χ3n) is 6.57. The number of likely N-dealkylation sites (tertiary alicyclic amines) is 1. The van der Waals surface area contributed by atoms with Crippen LogP contribution in [-0.4, -0.2) is 66.4 Å². The van der Waals surface area contributed by atoms with E-state index in [0.29, 0.717) is 31.6 Å². The van der Waals surface area contributed by atoms with Gasteiger partial charge in [-0.15, -0.1) is 0 Å². The van der Waals surface area contributed by atoms with E-state index in [2.05, 4.69) is 24.1 Å². The molecule has 0 aromatic rings. The molecule has 3 N–H and O–H groups in total. The number of hydrogen-bond acceptors (Lipinski definition) is 4. The summed E-state index contributed by atoms with van der Waals surface area (Å²) in [5, 5.41) is 2.92. The van der Waals surface area contributed by atoms with E-state index in [1.807, 2.05) is 4.90 Å². The van der Waals surface area contributed by atoms with Gasteiger partial charge in [-0.05, 0) is 43.9 Å². The number of nitrogens with one attached hydrogen (secondary N) is 1.